The number of nitrogens with zero attached hydrogens (tertiary/aromatic N) is 1. The molecule has 0 heterocycles. The van der Waals surface area contributed by atoms with Crippen molar-refractivity contribution in [3.63, 3.8) is 0 Å². The molecule has 172 valence electrons. The monoisotopic (exact) mass is 552 g/mol. The largest absolute Gasteiger partial charge is 0.385 e. The predicted molar refractivity (Wildman–Crippen MR) is 133 cm³/mol. The molecule has 1 aliphatic rings. The van der Waals surface area contributed by atoms with Crippen LogP contribution in [0.3, 0.4) is 0 Å². The Morgan fingerprint density at radius 1 is 1.17 bits per heavy atom. The zero-order valence-electron chi connectivity index (χ0n) is 18.6. The van der Waals surface area contributed by atoms with Crippen molar-refractivity contribution in [3.8, 4) is 0 Å². The fourth-order valence-corrected chi connectivity index (χ4v) is 5.25. The third-order valence-corrected chi connectivity index (χ3v) is 7.30. The summed E-state index contributed by atoms with van der Waals surface area (Å²) in [7, 11) is -0.0536. The molecule has 0 amide bonds. The Kier molecular flexibility index (Phi) is 11.6. The van der Waals surface area contributed by atoms with Crippen LogP contribution in [0.1, 0.15) is 43.2 Å². The van der Waals surface area contributed by atoms with Crippen LogP contribution in [-0.2, 0) is 14.8 Å². The van der Waals surface area contributed by atoms with Crippen LogP contribution >= 0.6 is 24.0 Å². The normalized spacial score (nSPS) is 16.2. The minimum Gasteiger partial charge on any atom is -0.385 e. The van der Waals surface area contributed by atoms with Crippen LogP contribution < -0.4 is 15.4 Å². The summed E-state index contributed by atoms with van der Waals surface area (Å²) in [4.78, 5) is 4.60. The van der Waals surface area contributed by atoms with Crippen LogP contribution in [0.25, 0.3) is 0 Å². The number of aliphatic imine (C=N–C) groups is 1. The van der Waals surface area contributed by atoms with E-state index in [1.165, 1.54) is 25.7 Å². The number of hydrogen-bond donors (Lipinski definition) is 3. The minimum atomic E-state index is -3.53. The van der Waals surface area contributed by atoms with Crippen LogP contribution in [0.15, 0.2) is 28.1 Å². The summed E-state index contributed by atoms with van der Waals surface area (Å²) in [6.07, 6.45) is 5.98. The van der Waals surface area contributed by atoms with E-state index < -0.39 is 10.0 Å². The highest BCUT2D eigenvalue weighted by molar-refractivity contribution is 14.0. The van der Waals surface area contributed by atoms with Gasteiger partial charge in [-0.25, -0.2) is 13.1 Å². The minimum absolute atomic E-state index is 0. The molecule has 7 nitrogen and oxygen atoms in total. The maximum absolute atomic E-state index is 12.6. The Morgan fingerprint density at radius 3 is 2.50 bits per heavy atom. The summed E-state index contributed by atoms with van der Waals surface area (Å²) in [6.45, 7) is 6.05. The maximum atomic E-state index is 12.6. The molecule has 0 spiro atoms. The third-order valence-electron chi connectivity index (χ3n) is 5.70. The van der Waals surface area contributed by atoms with Crippen molar-refractivity contribution in [1.82, 2.24) is 15.4 Å². The molecule has 0 aliphatic heterocycles. The zero-order valence-corrected chi connectivity index (χ0v) is 21.7. The standard InChI is InChI=1S/C21H36N4O3S.HI/c1-17-7-8-18(2)19(15-17)29(26,27)25-13-12-23-20(22-3)24-16-21(11-14-28-4)9-5-6-10-21;/h7-8,15,25H,5-6,9-14,16H2,1-4H3,(H2,22,23,24);1H. The highest BCUT2D eigenvalue weighted by atomic mass is 127. The van der Waals surface area contributed by atoms with Crippen molar-refractivity contribution in [2.75, 3.05) is 40.4 Å². The van der Waals surface area contributed by atoms with Gasteiger partial charge in [0.1, 0.15) is 0 Å². The van der Waals surface area contributed by atoms with Crippen molar-refractivity contribution in [1.29, 1.82) is 0 Å². The first-order chi connectivity index (χ1) is 13.8. The Bertz CT molecular complexity index is 793. The second kappa shape index (κ2) is 12.8. The molecule has 30 heavy (non-hydrogen) atoms. The summed E-state index contributed by atoms with van der Waals surface area (Å²) in [6, 6.07) is 5.44. The summed E-state index contributed by atoms with van der Waals surface area (Å²) in [5, 5.41) is 6.61. The third kappa shape index (κ3) is 7.97. The van der Waals surface area contributed by atoms with Crippen molar-refractivity contribution >= 4 is 40.0 Å². The molecule has 0 aromatic heterocycles. The lowest BCUT2D eigenvalue weighted by Crippen LogP contribution is -2.45. The number of halogens is 1. The van der Waals surface area contributed by atoms with E-state index in [-0.39, 0.29) is 35.9 Å². The van der Waals surface area contributed by atoms with Crippen LogP contribution in [0, 0.1) is 19.3 Å². The Balaban J connectivity index is 0.00000450. The molecule has 0 unspecified atom stereocenters. The van der Waals surface area contributed by atoms with Crippen LogP contribution in [0.4, 0.5) is 0 Å². The first kappa shape index (κ1) is 27.1. The van der Waals surface area contributed by atoms with Crippen molar-refractivity contribution < 1.29 is 13.2 Å². The van der Waals surface area contributed by atoms with E-state index in [0.717, 1.165) is 30.7 Å². The number of guanidine groups is 1. The van der Waals surface area contributed by atoms with Gasteiger partial charge in [0, 0.05) is 40.4 Å². The number of nitrogens with one attached hydrogen (secondary N) is 3. The highest BCUT2D eigenvalue weighted by Crippen LogP contribution is 2.40. The van der Waals surface area contributed by atoms with Gasteiger partial charge in [-0.05, 0) is 55.7 Å². The first-order valence-electron chi connectivity index (χ1n) is 10.3. The van der Waals surface area contributed by atoms with E-state index in [2.05, 4.69) is 20.3 Å². The highest BCUT2D eigenvalue weighted by Gasteiger charge is 2.33. The smallest absolute Gasteiger partial charge is 0.240 e. The van der Waals surface area contributed by atoms with Gasteiger partial charge in [-0.2, -0.15) is 0 Å². The molecule has 0 atom stereocenters. The molecule has 0 saturated heterocycles. The molecule has 3 N–H and O–H groups in total. The number of hydrogen-bond acceptors (Lipinski definition) is 4. The van der Waals surface area contributed by atoms with Crippen molar-refractivity contribution in [3.05, 3.63) is 29.3 Å². The summed E-state index contributed by atoms with van der Waals surface area (Å²) >= 11 is 0. The maximum Gasteiger partial charge on any atom is 0.240 e. The van der Waals surface area contributed by atoms with Crippen LogP contribution in [0.2, 0.25) is 0 Å². The van der Waals surface area contributed by atoms with E-state index in [0.29, 0.717) is 17.4 Å². The van der Waals surface area contributed by atoms with Gasteiger partial charge in [0.2, 0.25) is 10.0 Å². The molecule has 1 fully saturated rings. The number of ether oxygens (including phenoxy) is 1. The fourth-order valence-electron chi connectivity index (χ4n) is 3.89. The van der Waals surface area contributed by atoms with Crippen molar-refractivity contribution in [2.45, 2.75) is 50.8 Å². The van der Waals surface area contributed by atoms with Gasteiger partial charge in [0.25, 0.3) is 0 Å². The van der Waals surface area contributed by atoms with Crippen LogP contribution in [0.5, 0.6) is 0 Å². The number of benzene rings is 1. The Hall–Kier alpha value is -0.910. The summed E-state index contributed by atoms with van der Waals surface area (Å²) < 4.78 is 33.1. The summed E-state index contributed by atoms with van der Waals surface area (Å²) in [5.74, 6) is 0.694. The lowest BCUT2D eigenvalue weighted by Gasteiger charge is -2.30. The molecule has 0 bridgehead atoms. The molecule has 1 saturated carbocycles. The van der Waals surface area contributed by atoms with Gasteiger partial charge < -0.3 is 15.4 Å². The van der Waals surface area contributed by atoms with Crippen LogP contribution in [-0.4, -0.2) is 54.8 Å². The van der Waals surface area contributed by atoms with Gasteiger partial charge >= 0.3 is 0 Å². The van der Waals surface area contributed by atoms with E-state index in [4.69, 9.17) is 4.74 Å². The summed E-state index contributed by atoms with van der Waals surface area (Å²) in [5.41, 5.74) is 1.93. The number of rotatable bonds is 10. The van der Waals surface area contributed by atoms with Gasteiger partial charge in [-0.3, -0.25) is 4.99 Å². The fraction of sp³-hybridized carbons (Fsp3) is 0.667. The topological polar surface area (TPSA) is 91.8 Å². The van der Waals surface area contributed by atoms with Gasteiger partial charge in [-0.1, -0.05) is 25.0 Å². The number of sulfonamides is 1. The average Bonchev–Trinajstić information content (AvgIpc) is 3.16. The lowest BCUT2D eigenvalue weighted by molar-refractivity contribution is 0.138. The molecule has 1 aromatic carbocycles. The second-order valence-electron chi connectivity index (χ2n) is 7.97. The molecular weight excluding hydrogens is 515 g/mol. The molecule has 0 radical (unpaired) electrons. The van der Waals surface area contributed by atoms with E-state index in [1.54, 1.807) is 27.1 Å². The second-order valence-corrected chi connectivity index (χ2v) is 9.70. The SMILES string of the molecule is CN=C(NCCNS(=O)(=O)c1cc(C)ccc1C)NCC1(CCOC)CCCC1.I. The molecular formula is C21H37IN4O3S. The first-order valence-corrected chi connectivity index (χ1v) is 11.8. The molecule has 9 heteroatoms. The lowest BCUT2D eigenvalue weighted by atomic mass is 9.83. The van der Waals surface area contributed by atoms with Gasteiger partial charge in [0.05, 0.1) is 4.90 Å². The van der Waals surface area contributed by atoms with Crippen molar-refractivity contribution in [2.24, 2.45) is 10.4 Å². The van der Waals surface area contributed by atoms with E-state index in [1.807, 2.05) is 19.1 Å². The average molecular weight is 553 g/mol. The quantitative estimate of drug-likeness (QED) is 0.180. The Morgan fingerprint density at radius 2 is 1.87 bits per heavy atom. The zero-order chi connectivity index (χ0) is 21.3. The molecule has 1 aromatic rings. The number of methoxy groups -OCH3 is 1. The number of aryl methyl sites for hydroxylation is 2. The van der Waals surface area contributed by atoms with E-state index in [9.17, 15) is 8.42 Å². The molecule has 2 rings (SSSR count). The van der Waals surface area contributed by atoms with E-state index >= 15 is 0 Å². The van der Waals surface area contributed by atoms with Gasteiger partial charge in [0.15, 0.2) is 5.96 Å². The molecule has 1 aliphatic carbocycles. The van der Waals surface area contributed by atoms with Gasteiger partial charge in [-0.15, -0.1) is 24.0 Å². The predicted octanol–water partition coefficient (Wildman–Crippen LogP) is 2.96. The Labute approximate surface area is 198 Å².